The fraction of sp³-hybridized carbons (Fsp3) is 0.296. The SMILES string of the molecule is O=C(CN(Cc1ccccc1)S(=O)(=O)c1cc(C(F)(F)F)ccc1Cl)Nc1ccc(N2CCCCC2)cc1. The van der Waals surface area contributed by atoms with Crippen LogP contribution < -0.4 is 10.2 Å². The van der Waals surface area contributed by atoms with Gasteiger partial charge in [-0.25, -0.2) is 8.42 Å². The lowest BCUT2D eigenvalue weighted by Gasteiger charge is -2.29. The lowest BCUT2D eigenvalue weighted by atomic mass is 10.1. The molecule has 0 unspecified atom stereocenters. The average Bonchev–Trinajstić information content (AvgIpc) is 2.89. The van der Waals surface area contributed by atoms with Crippen molar-refractivity contribution in [3.8, 4) is 0 Å². The highest BCUT2D eigenvalue weighted by Crippen LogP contribution is 2.34. The van der Waals surface area contributed by atoms with E-state index >= 15 is 0 Å². The Bertz CT molecular complexity index is 1360. The van der Waals surface area contributed by atoms with E-state index in [2.05, 4.69) is 10.2 Å². The Kier molecular flexibility index (Phi) is 8.64. The number of carbonyl (C=O) groups is 1. The molecule has 1 amide bonds. The molecule has 3 aromatic rings. The van der Waals surface area contributed by atoms with Gasteiger partial charge in [-0.05, 0) is 67.3 Å². The van der Waals surface area contributed by atoms with E-state index in [0.29, 0.717) is 23.4 Å². The normalized spacial score (nSPS) is 14.5. The molecule has 1 aliphatic heterocycles. The molecule has 0 radical (unpaired) electrons. The third-order valence-corrected chi connectivity index (χ3v) is 8.54. The van der Waals surface area contributed by atoms with Crippen molar-refractivity contribution >= 4 is 38.9 Å². The Hall–Kier alpha value is -3.08. The summed E-state index contributed by atoms with van der Waals surface area (Å²) in [5.74, 6) is -0.640. The molecule has 0 bridgehead atoms. The van der Waals surface area contributed by atoms with E-state index in [1.54, 1.807) is 42.5 Å². The molecule has 4 rings (SSSR count). The number of sulfonamides is 1. The molecule has 11 heteroatoms. The van der Waals surface area contributed by atoms with Crippen molar-refractivity contribution in [3.05, 3.63) is 88.9 Å². The predicted octanol–water partition coefficient (Wildman–Crippen LogP) is 6.18. The zero-order valence-electron chi connectivity index (χ0n) is 20.4. The van der Waals surface area contributed by atoms with Crippen molar-refractivity contribution < 1.29 is 26.4 Å². The molecule has 1 saturated heterocycles. The Labute approximate surface area is 225 Å². The molecule has 3 aromatic carbocycles. The summed E-state index contributed by atoms with van der Waals surface area (Å²) in [6.07, 6.45) is -1.31. The standard InChI is InChI=1S/C27H27ClF3N3O3S/c28-24-14-9-21(27(29,30)31)17-25(24)38(36,37)34(18-20-7-3-1-4-8-20)19-26(35)32-22-10-12-23(13-11-22)33-15-5-2-6-16-33/h1,3-4,7-14,17H,2,5-6,15-16,18-19H2,(H,32,35). The minimum absolute atomic E-state index is 0.239. The smallest absolute Gasteiger partial charge is 0.372 e. The first-order chi connectivity index (χ1) is 18.0. The van der Waals surface area contributed by atoms with Crippen LogP contribution in [0.4, 0.5) is 24.5 Å². The molecule has 6 nitrogen and oxygen atoms in total. The minimum atomic E-state index is -4.77. The molecule has 0 saturated carbocycles. The van der Waals surface area contributed by atoms with Crippen LogP contribution in [0.5, 0.6) is 0 Å². The van der Waals surface area contributed by atoms with Gasteiger partial charge in [0, 0.05) is 31.0 Å². The minimum Gasteiger partial charge on any atom is -0.372 e. The van der Waals surface area contributed by atoms with E-state index in [1.807, 2.05) is 12.1 Å². The number of rotatable bonds is 8. The predicted molar refractivity (Wildman–Crippen MR) is 142 cm³/mol. The van der Waals surface area contributed by atoms with Gasteiger partial charge in [-0.2, -0.15) is 17.5 Å². The number of piperidine rings is 1. The Morgan fingerprint density at radius 3 is 2.24 bits per heavy atom. The van der Waals surface area contributed by atoms with E-state index in [-0.39, 0.29) is 11.6 Å². The number of alkyl halides is 3. The van der Waals surface area contributed by atoms with E-state index < -0.39 is 39.1 Å². The first-order valence-corrected chi connectivity index (χ1v) is 13.9. The van der Waals surface area contributed by atoms with Crippen LogP contribution in [0, 0.1) is 0 Å². The molecule has 0 spiro atoms. The van der Waals surface area contributed by atoms with Gasteiger partial charge < -0.3 is 10.2 Å². The number of nitrogens with one attached hydrogen (secondary N) is 1. The fourth-order valence-corrected chi connectivity index (χ4v) is 6.18. The highest BCUT2D eigenvalue weighted by atomic mass is 35.5. The maximum Gasteiger partial charge on any atom is 0.416 e. The highest BCUT2D eigenvalue weighted by molar-refractivity contribution is 7.89. The molecule has 1 N–H and O–H groups in total. The van der Waals surface area contributed by atoms with Gasteiger partial charge in [0.15, 0.2) is 0 Å². The van der Waals surface area contributed by atoms with Crippen LogP contribution in [0.3, 0.4) is 0 Å². The number of hydrogen-bond acceptors (Lipinski definition) is 4. The summed E-state index contributed by atoms with van der Waals surface area (Å²) < 4.78 is 67.8. The molecule has 0 atom stereocenters. The van der Waals surface area contributed by atoms with Gasteiger partial charge in [0.05, 0.1) is 17.1 Å². The topological polar surface area (TPSA) is 69.7 Å². The molecule has 1 aliphatic rings. The third kappa shape index (κ3) is 6.86. The largest absolute Gasteiger partial charge is 0.416 e. The van der Waals surface area contributed by atoms with Crippen LogP contribution in [0.25, 0.3) is 0 Å². The summed E-state index contributed by atoms with van der Waals surface area (Å²) in [4.78, 5) is 14.5. The van der Waals surface area contributed by atoms with E-state index in [9.17, 15) is 26.4 Å². The van der Waals surface area contributed by atoms with Gasteiger partial charge in [0.2, 0.25) is 15.9 Å². The second kappa shape index (κ2) is 11.8. The lowest BCUT2D eigenvalue weighted by Crippen LogP contribution is -2.37. The zero-order valence-corrected chi connectivity index (χ0v) is 22.0. The summed E-state index contributed by atoms with van der Waals surface area (Å²) in [7, 11) is -4.59. The van der Waals surface area contributed by atoms with Crippen molar-refractivity contribution in [1.82, 2.24) is 4.31 Å². The lowest BCUT2D eigenvalue weighted by molar-refractivity contribution is -0.137. The van der Waals surface area contributed by atoms with Crippen LogP contribution in [-0.4, -0.2) is 38.3 Å². The van der Waals surface area contributed by atoms with E-state index in [0.717, 1.165) is 42.0 Å². The van der Waals surface area contributed by atoms with Crippen LogP contribution in [0.15, 0.2) is 77.7 Å². The van der Waals surface area contributed by atoms with Crippen LogP contribution >= 0.6 is 11.6 Å². The second-order valence-electron chi connectivity index (χ2n) is 9.04. The van der Waals surface area contributed by atoms with Gasteiger partial charge in [-0.3, -0.25) is 4.79 Å². The van der Waals surface area contributed by atoms with Crippen LogP contribution in [0.1, 0.15) is 30.4 Å². The molecular weight excluding hydrogens is 539 g/mol. The molecule has 202 valence electrons. The van der Waals surface area contributed by atoms with Gasteiger partial charge >= 0.3 is 6.18 Å². The van der Waals surface area contributed by atoms with Crippen molar-refractivity contribution in [3.63, 3.8) is 0 Å². The molecular formula is C27H27ClF3N3O3S. The summed E-state index contributed by atoms with van der Waals surface area (Å²) in [6, 6.07) is 17.8. The number of nitrogens with zero attached hydrogens (tertiary/aromatic N) is 2. The second-order valence-corrected chi connectivity index (χ2v) is 11.4. The average molecular weight is 566 g/mol. The first kappa shape index (κ1) is 27.9. The summed E-state index contributed by atoms with van der Waals surface area (Å²) in [5.41, 5.74) is 0.913. The Morgan fingerprint density at radius 1 is 0.947 bits per heavy atom. The maximum absolute atomic E-state index is 13.5. The summed E-state index contributed by atoms with van der Waals surface area (Å²) in [5, 5.41) is 2.32. The van der Waals surface area contributed by atoms with Crippen molar-refractivity contribution in [1.29, 1.82) is 0 Å². The quantitative estimate of drug-likeness (QED) is 0.354. The van der Waals surface area contributed by atoms with Gasteiger partial charge in [0.25, 0.3) is 0 Å². The van der Waals surface area contributed by atoms with Gasteiger partial charge in [-0.15, -0.1) is 0 Å². The van der Waals surface area contributed by atoms with Gasteiger partial charge in [0.1, 0.15) is 4.90 Å². The fourth-order valence-electron chi connectivity index (χ4n) is 4.30. The number of benzene rings is 3. The molecule has 0 aliphatic carbocycles. The molecule has 38 heavy (non-hydrogen) atoms. The molecule has 1 heterocycles. The van der Waals surface area contributed by atoms with Gasteiger partial charge in [-0.1, -0.05) is 41.9 Å². The maximum atomic E-state index is 13.5. The highest BCUT2D eigenvalue weighted by Gasteiger charge is 2.35. The number of halogens is 4. The number of hydrogen-bond donors (Lipinski definition) is 1. The Balaban J connectivity index is 1.57. The van der Waals surface area contributed by atoms with Crippen molar-refractivity contribution in [2.75, 3.05) is 29.9 Å². The zero-order chi connectivity index (χ0) is 27.3. The molecule has 0 aromatic heterocycles. The summed E-state index contributed by atoms with van der Waals surface area (Å²) in [6.45, 7) is 1.07. The third-order valence-electron chi connectivity index (χ3n) is 6.27. The van der Waals surface area contributed by atoms with Crippen LogP contribution in [0.2, 0.25) is 5.02 Å². The summed E-state index contributed by atoms with van der Waals surface area (Å²) >= 11 is 6.05. The van der Waals surface area contributed by atoms with E-state index in [4.69, 9.17) is 11.6 Å². The number of anilines is 2. The van der Waals surface area contributed by atoms with Crippen molar-refractivity contribution in [2.45, 2.75) is 36.9 Å². The molecule has 1 fully saturated rings. The van der Waals surface area contributed by atoms with E-state index in [1.165, 1.54) is 6.42 Å². The Morgan fingerprint density at radius 2 is 1.61 bits per heavy atom. The number of carbonyl (C=O) groups excluding carboxylic acids is 1. The number of amides is 1. The first-order valence-electron chi connectivity index (χ1n) is 12.1. The van der Waals surface area contributed by atoms with Crippen molar-refractivity contribution in [2.24, 2.45) is 0 Å². The van der Waals surface area contributed by atoms with Crippen LogP contribution in [-0.2, 0) is 27.5 Å². The monoisotopic (exact) mass is 565 g/mol.